The first-order valence-corrected chi connectivity index (χ1v) is 10.1. The van der Waals surface area contributed by atoms with Crippen molar-refractivity contribution in [1.29, 1.82) is 0 Å². The van der Waals surface area contributed by atoms with Gasteiger partial charge in [-0.3, -0.25) is 19.0 Å². The van der Waals surface area contributed by atoms with E-state index in [9.17, 15) is 14.4 Å². The maximum atomic E-state index is 13.1. The van der Waals surface area contributed by atoms with Crippen LogP contribution < -0.4 is 10.9 Å². The lowest BCUT2D eigenvalue weighted by atomic mass is 9.98. The minimum Gasteiger partial charge on any atom is -0.354 e. The third kappa shape index (κ3) is 5.80. The Bertz CT molecular complexity index is 845. The fourth-order valence-corrected chi connectivity index (χ4v) is 3.21. The summed E-state index contributed by atoms with van der Waals surface area (Å²) in [6.07, 6.45) is 5.63. The molecule has 2 atom stereocenters. The molecule has 1 amide bonds. The highest BCUT2D eigenvalue weighted by Gasteiger charge is 2.30. The Labute approximate surface area is 170 Å². The van der Waals surface area contributed by atoms with Crippen molar-refractivity contribution in [2.45, 2.75) is 45.6 Å². The Balaban J connectivity index is 2.27. The summed E-state index contributed by atoms with van der Waals surface area (Å²) >= 11 is 5.90. The molecular weight excluding hydrogens is 376 g/mol. The summed E-state index contributed by atoms with van der Waals surface area (Å²) in [5.74, 6) is -0.560. The van der Waals surface area contributed by atoms with Crippen LogP contribution in [0, 0.1) is 5.92 Å². The van der Waals surface area contributed by atoms with Gasteiger partial charge < -0.3 is 5.32 Å². The van der Waals surface area contributed by atoms with Crippen molar-refractivity contribution in [2.24, 2.45) is 5.92 Å². The van der Waals surface area contributed by atoms with Gasteiger partial charge in [0.1, 0.15) is 0 Å². The number of pyridine rings is 1. The molecule has 2 rings (SSSR count). The van der Waals surface area contributed by atoms with E-state index in [4.69, 9.17) is 11.6 Å². The number of aromatic nitrogens is 1. The molecule has 1 heterocycles. The number of unbranched alkanes of at least 4 members (excludes halogenated alkanes) is 1. The SMILES string of the molecule is CCCCC(CC)CNC(=O)C(C(=O)c1ccc(Cl)cc1)n1ccccc1=O. The van der Waals surface area contributed by atoms with Crippen molar-refractivity contribution in [3.63, 3.8) is 0 Å². The molecule has 5 nitrogen and oxygen atoms in total. The topological polar surface area (TPSA) is 68.2 Å². The van der Waals surface area contributed by atoms with Gasteiger partial charge in [-0.1, -0.05) is 50.8 Å². The van der Waals surface area contributed by atoms with Gasteiger partial charge in [0.2, 0.25) is 0 Å². The number of ketones is 1. The van der Waals surface area contributed by atoms with Gasteiger partial charge in [0, 0.05) is 29.4 Å². The number of nitrogens with one attached hydrogen (secondary N) is 1. The van der Waals surface area contributed by atoms with E-state index in [0.29, 0.717) is 23.0 Å². The molecule has 150 valence electrons. The standard InChI is InChI=1S/C22H27ClN2O3/c1-3-5-8-16(4-2)15-24-22(28)20(25-14-7-6-9-19(25)26)21(27)17-10-12-18(23)13-11-17/h6-7,9-14,16,20H,3-5,8,15H2,1-2H3,(H,24,28). The van der Waals surface area contributed by atoms with Crippen molar-refractivity contribution >= 4 is 23.3 Å². The van der Waals surface area contributed by atoms with Gasteiger partial charge in [-0.15, -0.1) is 0 Å². The third-order valence-electron chi connectivity index (χ3n) is 4.86. The number of halogens is 1. The molecule has 0 aliphatic rings. The summed E-state index contributed by atoms with van der Waals surface area (Å²) in [5.41, 5.74) is -0.0682. The molecule has 0 aliphatic heterocycles. The van der Waals surface area contributed by atoms with Crippen LogP contribution in [-0.4, -0.2) is 22.8 Å². The largest absolute Gasteiger partial charge is 0.354 e. The second-order valence-electron chi connectivity index (χ2n) is 6.88. The Morgan fingerprint density at radius 3 is 2.43 bits per heavy atom. The van der Waals surface area contributed by atoms with Crippen LogP contribution in [0.15, 0.2) is 53.5 Å². The fourth-order valence-electron chi connectivity index (χ4n) is 3.08. The summed E-state index contributed by atoms with van der Waals surface area (Å²) < 4.78 is 1.18. The molecule has 2 unspecified atom stereocenters. The summed E-state index contributed by atoms with van der Waals surface area (Å²) in [6.45, 7) is 4.71. The van der Waals surface area contributed by atoms with Crippen LogP contribution in [0.25, 0.3) is 0 Å². The van der Waals surface area contributed by atoms with Crippen LogP contribution in [-0.2, 0) is 4.79 Å². The lowest BCUT2D eigenvalue weighted by Gasteiger charge is -2.21. The van der Waals surface area contributed by atoms with Gasteiger partial charge in [0.05, 0.1) is 0 Å². The number of carbonyl (C=O) groups excluding carboxylic acids is 2. The number of benzene rings is 1. The number of hydrogen-bond donors (Lipinski definition) is 1. The molecule has 0 aliphatic carbocycles. The molecule has 0 saturated carbocycles. The van der Waals surface area contributed by atoms with Crippen LogP contribution in [0.1, 0.15) is 55.9 Å². The van der Waals surface area contributed by atoms with Gasteiger partial charge in [-0.05, 0) is 42.7 Å². The van der Waals surface area contributed by atoms with Crippen molar-refractivity contribution in [3.8, 4) is 0 Å². The number of amides is 1. The zero-order valence-corrected chi connectivity index (χ0v) is 17.1. The van der Waals surface area contributed by atoms with E-state index in [1.807, 2.05) is 0 Å². The second kappa shape index (κ2) is 10.8. The van der Waals surface area contributed by atoms with E-state index in [0.717, 1.165) is 25.7 Å². The maximum Gasteiger partial charge on any atom is 0.251 e. The predicted molar refractivity (Wildman–Crippen MR) is 112 cm³/mol. The Morgan fingerprint density at radius 1 is 1.11 bits per heavy atom. The highest BCUT2D eigenvalue weighted by molar-refractivity contribution is 6.30. The molecule has 0 bridgehead atoms. The van der Waals surface area contributed by atoms with E-state index >= 15 is 0 Å². The van der Waals surface area contributed by atoms with Gasteiger partial charge in [0.25, 0.3) is 11.5 Å². The molecule has 1 aromatic heterocycles. The van der Waals surface area contributed by atoms with Crippen LogP contribution in [0.2, 0.25) is 5.02 Å². The Kier molecular flexibility index (Phi) is 8.45. The van der Waals surface area contributed by atoms with Gasteiger partial charge in [0.15, 0.2) is 11.8 Å². The predicted octanol–water partition coefficient (Wildman–Crippen LogP) is 4.26. The third-order valence-corrected chi connectivity index (χ3v) is 5.11. The van der Waals surface area contributed by atoms with E-state index in [1.165, 1.54) is 16.8 Å². The van der Waals surface area contributed by atoms with Crippen LogP contribution >= 0.6 is 11.6 Å². The number of rotatable bonds is 10. The summed E-state index contributed by atoms with van der Waals surface area (Å²) in [5, 5.41) is 3.38. The lowest BCUT2D eigenvalue weighted by molar-refractivity contribution is -0.123. The van der Waals surface area contributed by atoms with Gasteiger partial charge >= 0.3 is 0 Å². The van der Waals surface area contributed by atoms with Gasteiger partial charge in [-0.25, -0.2) is 0 Å². The summed E-state index contributed by atoms with van der Waals surface area (Å²) in [7, 11) is 0. The van der Waals surface area contributed by atoms with E-state index < -0.39 is 23.3 Å². The summed E-state index contributed by atoms with van der Waals surface area (Å²) in [4.78, 5) is 38.3. The van der Waals surface area contributed by atoms with Crippen molar-refractivity contribution in [3.05, 3.63) is 69.6 Å². The Hall–Kier alpha value is -2.40. The molecule has 0 spiro atoms. The van der Waals surface area contributed by atoms with Crippen LogP contribution in [0.5, 0.6) is 0 Å². The average molecular weight is 403 g/mol. The number of carbonyl (C=O) groups is 2. The van der Waals surface area contributed by atoms with E-state index in [2.05, 4.69) is 19.2 Å². The minimum atomic E-state index is -1.25. The number of nitrogens with zero attached hydrogens (tertiary/aromatic N) is 1. The molecule has 0 saturated heterocycles. The molecule has 0 radical (unpaired) electrons. The van der Waals surface area contributed by atoms with E-state index in [1.54, 1.807) is 36.4 Å². The fraction of sp³-hybridized carbons (Fsp3) is 0.409. The van der Waals surface area contributed by atoms with Crippen molar-refractivity contribution in [2.75, 3.05) is 6.54 Å². The molecule has 1 aromatic carbocycles. The van der Waals surface area contributed by atoms with Crippen LogP contribution in [0.4, 0.5) is 0 Å². The molecule has 2 aromatic rings. The second-order valence-corrected chi connectivity index (χ2v) is 7.32. The first-order valence-electron chi connectivity index (χ1n) is 9.72. The molecule has 0 fully saturated rings. The highest BCUT2D eigenvalue weighted by atomic mass is 35.5. The lowest BCUT2D eigenvalue weighted by Crippen LogP contribution is -2.42. The van der Waals surface area contributed by atoms with E-state index in [-0.39, 0.29) is 0 Å². The first-order chi connectivity index (χ1) is 13.5. The molecule has 1 N–H and O–H groups in total. The van der Waals surface area contributed by atoms with Crippen molar-refractivity contribution in [1.82, 2.24) is 9.88 Å². The minimum absolute atomic E-state index is 0.332. The zero-order chi connectivity index (χ0) is 20.5. The highest BCUT2D eigenvalue weighted by Crippen LogP contribution is 2.17. The zero-order valence-electron chi connectivity index (χ0n) is 16.4. The summed E-state index contributed by atoms with van der Waals surface area (Å²) in [6, 6.07) is 9.62. The monoisotopic (exact) mass is 402 g/mol. The number of hydrogen-bond acceptors (Lipinski definition) is 3. The normalized spacial score (nSPS) is 13.0. The smallest absolute Gasteiger partial charge is 0.251 e. The average Bonchev–Trinajstić information content (AvgIpc) is 2.70. The number of Topliss-reactive ketones (excluding diaryl/α,β-unsaturated/α-hetero) is 1. The molecular formula is C22H27ClN2O3. The molecule has 28 heavy (non-hydrogen) atoms. The van der Waals surface area contributed by atoms with Crippen LogP contribution in [0.3, 0.4) is 0 Å². The molecule has 6 heteroatoms. The van der Waals surface area contributed by atoms with Crippen molar-refractivity contribution < 1.29 is 9.59 Å². The van der Waals surface area contributed by atoms with Gasteiger partial charge in [-0.2, -0.15) is 0 Å². The first kappa shape index (κ1) is 21.9. The Morgan fingerprint density at radius 2 is 1.82 bits per heavy atom. The quantitative estimate of drug-likeness (QED) is 0.477. The maximum absolute atomic E-state index is 13.1.